The van der Waals surface area contributed by atoms with Gasteiger partial charge in [-0.25, -0.2) is 0 Å². The Bertz CT molecular complexity index is 432. The standard InChI is InChI=1S/C14H19NO4/c1-19-11-4-2-9(3-5-11)6-10-7-13(16)12(8-15-10)14(17)18/h2-5,10,12-13,15-16H,6-8H2,1H3,(H,17,18). The quantitative estimate of drug-likeness (QED) is 0.745. The second-order valence-electron chi connectivity index (χ2n) is 4.91. The van der Waals surface area contributed by atoms with E-state index < -0.39 is 18.0 Å². The molecule has 5 heteroatoms. The lowest BCUT2D eigenvalue weighted by molar-refractivity contribution is -0.147. The molecule has 0 spiro atoms. The van der Waals surface area contributed by atoms with Gasteiger partial charge in [-0.1, -0.05) is 12.1 Å². The van der Waals surface area contributed by atoms with Crippen molar-refractivity contribution in [3.8, 4) is 5.75 Å². The minimum atomic E-state index is -0.942. The van der Waals surface area contributed by atoms with Gasteiger partial charge in [0.15, 0.2) is 0 Å². The van der Waals surface area contributed by atoms with Crippen molar-refractivity contribution in [2.45, 2.75) is 25.0 Å². The molecule has 0 amide bonds. The van der Waals surface area contributed by atoms with Crippen LogP contribution in [0.25, 0.3) is 0 Å². The Morgan fingerprint density at radius 3 is 2.63 bits per heavy atom. The Hall–Kier alpha value is -1.59. The fourth-order valence-electron chi connectivity index (χ4n) is 2.42. The van der Waals surface area contributed by atoms with E-state index in [0.29, 0.717) is 13.0 Å². The summed E-state index contributed by atoms with van der Waals surface area (Å²) in [6.07, 6.45) is 0.457. The summed E-state index contributed by atoms with van der Waals surface area (Å²) in [5.74, 6) is -0.832. The molecule has 1 saturated heterocycles. The van der Waals surface area contributed by atoms with Crippen molar-refractivity contribution >= 4 is 5.97 Å². The van der Waals surface area contributed by atoms with Crippen LogP contribution in [0.3, 0.4) is 0 Å². The van der Waals surface area contributed by atoms with E-state index in [9.17, 15) is 9.90 Å². The first-order valence-electron chi connectivity index (χ1n) is 6.37. The highest BCUT2D eigenvalue weighted by Gasteiger charge is 2.33. The van der Waals surface area contributed by atoms with Crippen molar-refractivity contribution in [3.05, 3.63) is 29.8 Å². The fourth-order valence-corrected chi connectivity index (χ4v) is 2.42. The third-order valence-corrected chi connectivity index (χ3v) is 3.58. The number of carboxylic acids is 1. The van der Waals surface area contributed by atoms with Crippen LogP contribution in [-0.4, -0.2) is 42.0 Å². The van der Waals surface area contributed by atoms with E-state index in [2.05, 4.69) is 5.32 Å². The van der Waals surface area contributed by atoms with Crippen LogP contribution in [0.15, 0.2) is 24.3 Å². The Morgan fingerprint density at radius 2 is 2.11 bits per heavy atom. The Kier molecular flexibility index (Phi) is 4.39. The van der Waals surface area contributed by atoms with Crippen LogP contribution in [-0.2, 0) is 11.2 Å². The van der Waals surface area contributed by atoms with E-state index >= 15 is 0 Å². The molecule has 0 saturated carbocycles. The van der Waals surface area contributed by atoms with E-state index in [0.717, 1.165) is 17.7 Å². The normalized spacial score (nSPS) is 26.9. The van der Waals surface area contributed by atoms with Crippen LogP contribution in [0.4, 0.5) is 0 Å². The highest BCUT2D eigenvalue weighted by molar-refractivity contribution is 5.71. The number of nitrogens with one attached hydrogen (secondary N) is 1. The summed E-state index contributed by atoms with van der Waals surface area (Å²) >= 11 is 0. The van der Waals surface area contributed by atoms with Crippen molar-refractivity contribution in [1.82, 2.24) is 5.32 Å². The number of carboxylic acid groups (broad SMARTS) is 1. The number of aliphatic carboxylic acids is 1. The van der Waals surface area contributed by atoms with Gasteiger partial charge in [-0.05, 0) is 30.5 Å². The van der Waals surface area contributed by atoms with Gasteiger partial charge in [0.2, 0.25) is 0 Å². The fraction of sp³-hybridized carbons (Fsp3) is 0.500. The first-order chi connectivity index (χ1) is 9.10. The average Bonchev–Trinajstić information content (AvgIpc) is 2.39. The van der Waals surface area contributed by atoms with Gasteiger partial charge in [-0.2, -0.15) is 0 Å². The molecule has 0 aromatic heterocycles. The molecule has 3 unspecified atom stereocenters. The predicted octanol–water partition coefficient (Wildman–Crippen LogP) is 0.661. The zero-order valence-corrected chi connectivity index (χ0v) is 10.9. The molecule has 1 aromatic carbocycles. The highest BCUT2D eigenvalue weighted by atomic mass is 16.5. The molecule has 1 heterocycles. The molecule has 1 aromatic rings. The molecule has 1 aliphatic heterocycles. The van der Waals surface area contributed by atoms with Crippen molar-refractivity contribution in [1.29, 1.82) is 0 Å². The van der Waals surface area contributed by atoms with Gasteiger partial charge in [-0.3, -0.25) is 4.79 Å². The molecule has 5 nitrogen and oxygen atoms in total. The van der Waals surface area contributed by atoms with Crippen LogP contribution in [0.2, 0.25) is 0 Å². The number of hydrogen-bond acceptors (Lipinski definition) is 4. The largest absolute Gasteiger partial charge is 0.497 e. The first kappa shape index (κ1) is 13.8. The zero-order valence-electron chi connectivity index (χ0n) is 10.9. The monoisotopic (exact) mass is 265 g/mol. The minimum absolute atomic E-state index is 0.110. The minimum Gasteiger partial charge on any atom is -0.497 e. The summed E-state index contributed by atoms with van der Waals surface area (Å²) in [4.78, 5) is 10.9. The molecule has 3 atom stereocenters. The molecule has 1 fully saturated rings. The number of piperidine rings is 1. The molecule has 19 heavy (non-hydrogen) atoms. The van der Waals surface area contributed by atoms with E-state index in [1.54, 1.807) is 7.11 Å². The second kappa shape index (κ2) is 6.04. The van der Waals surface area contributed by atoms with E-state index in [4.69, 9.17) is 9.84 Å². The summed E-state index contributed by atoms with van der Waals surface area (Å²) in [7, 11) is 1.63. The SMILES string of the molecule is COc1ccc(CC2CC(O)C(C(=O)O)CN2)cc1. The zero-order chi connectivity index (χ0) is 13.8. The number of carbonyl (C=O) groups is 1. The van der Waals surface area contributed by atoms with Crippen molar-refractivity contribution in [2.24, 2.45) is 5.92 Å². The smallest absolute Gasteiger partial charge is 0.310 e. The van der Waals surface area contributed by atoms with Crippen LogP contribution in [0.5, 0.6) is 5.75 Å². The van der Waals surface area contributed by atoms with Crippen molar-refractivity contribution < 1.29 is 19.7 Å². The highest BCUT2D eigenvalue weighted by Crippen LogP contribution is 2.19. The maximum absolute atomic E-state index is 10.9. The maximum Gasteiger partial charge on any atom is 0.310 e. The molecular weight excluding hydrogens is 246 g/mol. The molecule has 0 radical (unpaired) electrons. The number of methoxy groups -OCH3 is 1. The third-order valence-electron chi connectivity index (χ3n) is 3.58. The number of rotatable bonds is 4. The summed E-state index contributed by atoms with van der Waals surface area (Å²) in [5.41, 5.74) is 1.14. The van der Waals surface area contributed by atoms with E-state index in [1.807, 2.05) is 24.3 Å². The molecule has 0 bridgehead atoms. The second-order valence-corrected chi connectivity index (χ2v) is 4.91. The third kappa shape index (κ3) is 3.45. The van der Waals surface area contributed by atoms with Gasteiger partial charge in [-0.15, -0.1) is 0 Å². The summed E-state index contributed by atoms with van der Waals surface area (Å²) < 4.78 is 5.10. The van der Waals surface area contributed by atoms with E-state index in [-0.39, 0.29) is 6.04 Å². The van der Waals surface area contributed by atoms with Gasteiger partial charge < -0.3 is 20.3 Å². The summed E-state index contributed by atoms with van der Waals surface area (Å²) in [5, 5.41) is 21.9. The van der Waals surface area contributed by atoms with Crippen molar-refractivity contribution in [2.75, 3.05) is 13.7 Å². The van der Waals surface area contributed by atoms with Gasteiger partial charge in [0.25, 0.3) is 0 Å². The van der Waals surface area contributed by atoms with Crippen molar-refractivity contribution in [3.63, 3.8) is 0 Å². The van der Waals surface area contributed by atoms with Crippen LogP contribution < -0.4 is 10.1 Å². The van der Waals surface area contributed by atoms with Gasteiger partial charge >= 0.3 is 5.97 Å². The van der Waals surface area contributed by atoms with Crippen LogP contribution in [0, 0.1) is 5.92 Å². The summed E-state index contributed by atoms with van der Waals surface area (Å²) in [6, 6.07) is 7.87. The first-order valence-corrected chi connectivity index (χ1v) is 6.37. The topological polar surface area (TPSA) is 78.8 Å². The Labute approximate surface area is 112 Å². The number of aliphatic hydroxyl groups excluding tert-OH is 1. The lowest BCUT2D eigenvalue weighted by Gasteiger charge is -2.32. The van der Waals surface area contributed by atoms with Gasteiger partial charge in [0, 0.05) is 12.6 Å². The number of benzene rings is 1. The van der Waals surface area contributed by atoms with Gasteiger partial charge in [0.05, 0.1) is 19.1 Å². The lowest BCUT2D eigenvalue weighted by atomic mass is 9.89. The Morgan fingerprint density at radius 1 is 1.42 bits per heavy atom. The molecule has 3 N–H and O–H groups in total. The predicted molar refractivity (Wildman–Crippen MR) is 70.2 cm³/mol. The number of aliphatic hydroxyl groups is 1. The number of hydrogen-bond donors (Lipinski definition) is 3. The van der Waals surface area contributed by atoms with E-state index in [1.165, 1.54) is 0 Å². The molecule has 1 aliphatic rings. The van der Waals surface area contributed by atoms with Gasteiger partial charge in [0.1, 0.15) is 5.75 Å². The molecule has 104 valence electrons. The molecule has 0 aliphatic carbocycles. The molecule has 2 rings (SSSR count). The molecular formula is C14H19NO4. The lowest BCUT2D eigenvalue weighted by Crippen LogP contribution is -2.50. The van der Waals surface area contributed by atoms with Crippen LogP contribution >= 0.6 is 0 Å². The number of ether oxygens (including phenoxy) is 1. The van der Waals surface area contributed by atoms with Crippen LogP contribution in [0.1, 0.15) is 12.0 Å². The maximum atomic E-state index is 10.9. The summed E-state index contributed by atoms with van der Waals surface area (Å²) in [6.45, 7) is 0.317. The Balaban J connectivity index is 1.92. The average molecular weight is 265 g/mol.